The van der Waals surface area contributed by atoms with Crippen LogP contribution in [-0.4, -0.2) is 44.4 Å². The number of carbonyl (C=O) groups is 2. The van der Waals surface area contributed by atoms with Gasteiger partial charge in [0.25, 0.3) is 0 Å². The van der Waals surface area contributed by atoms with Gasteiger partial charge < -0.3 is 24.8 Å². The topological polar surface area (TPSA) is 85.9 Å². The predicted octanol–water partition coefficient (Wildman–Crippen LogP) is 3.50. The average molecular weight is 429 g/mol. The number of benzene rings is 2. The van der Waals surface area contributed by atoms with Crippen molar-refractivity contribution in [2.75, 3.05) is 20.8 Å². The van der Waals surface area contributed by atoms with Crippen molar-refractivity contribution in [2.24, 2.45) is 0 Å². The molecule has 0 bridgehead atoms. The standard InChI is InChI=1S/C24H32N2O5/c1-24(2,3)31-23(28)26-19(15-17-9-7-6-8-10-17)22(27)25-14-13-18-11-12-20(29-4)21(16-18)30-5/h6-12,16,19H,13-15H2,1-5H3,(H,25,27)(H,26,28)/t19-/m1/s1. The molecule has 31 heavy (non-hydrogen) atoms. The maximum Gasteiger partial charge on any atom is 0.408 e. The van der Waals surface area contributed by atoms with Gasteiger partial charge in [-0.05, 0) is 50.5 Å². The van der Waals surface area contributed by atoms with Crippen molar-refractivity contribution in [3.63, 3.8) is 0 Å². The fourth-order valence-electron chi connectivity index (χ4n) is 3.00. The Morgan fingerprint density at radius 3 is 2.23 bits per heavy atom. The molecule has 0 saturated heterocycles. The SMILES string of the molecule is COc1ccc(CCNC(=O)[C@@H](Cc2ccccc2)NC(=O)OC(C)(C)C)cc1OC. The third-order valence-electron chi connectivity index (χ3n) is 4.45. The van der Waals surface area contributed by atoms with Gasteiger partial charge in [0.05, 0.1) is 14.2 Å². The third-order valence-corrected chi connectivity index (χ3v) is 4.45. The molecule has 0 saturated carbocycles. The van der Waals surface area contributed by atoms with Crippen LogP contribution in [0.3, 0.4) is 0 Å². The van der Waals surface area contributed by atoms with Crippen LogP contribution in [0.1, 0.15) is 31.9 Å². The summed E-state index contributed by atoms with van der Waals surface area (Å²) in [4.78, 5) is 25.1. The molecule has 1 atom stereocenters. The molecule has 0 aliphatic carbocycles. The van der Waals surface area contributed by atoms with Crippen molar-refractivity contribution in [1.29, 1.82) is 0 Å². The molecule has 7 nitrogen and oxygen atoms in total. The summed E-state index contributed by atoms with van der Waals surface area (Å²) in [5.74, 6) is 1.02. The van der Waals surface area contributed by atoms with Gasteiger partial charge in [0.15, 0.2) is 11.5 Å². The molecule has 0 aromatic heterocycles. The maximum absolute atomic E-state index is 12.8. The normalized spacial score (nSPS) is 11.9. The van der Waals surface area contributed by atoms with Crippen molar-refractivity contribution in [2.45, 2.75) is 45.3 Å². The Labute approximate surface area is 184 Å². The first-order valence-corrected chi connectivity index (χ1v) is 10.2. The smallest absolute Gasteiger partial charge is 0.408 e. The summed E-state index contributed by atoms with van der Waals surface area (Å²) in [6.45, 7) is 5.75. The number of hydrogen-bond donors (Lipinski definition) is 2. The van der Waals surface area contributed by atoms with Crippen molar-refractivity contribution in [3.8, 4) is 11.5 Å². The Bertz CT molecular complexity index is 862. The van der Waals surface area contributed by atoms with E-state index in [0.29, 0.717) is 30.9 Å². The van der Waals surface area contributed by atoms with Crippen LogP contribution in [0.2, 0.25) is 0 Å². The molecular formula is C24H32N2O5. The summed E-state index contributed by atoms with van der Waals surface area (Å²) in [5.41, 5.74) is 1.29. The van der Waals surface area contributed by atoms with Crippen molar-refractivity contribution in [1.82, 2.24) is 10.6 Å². The lowest BCUT2D eigenvalue weighted by Gasteiger charge is -2.23. The fraction of sp³-hybridized carbons (Fsp3) is 0.417. The van der Waals surface area contributed by atoms with Crippen LogP contribution in [0, 0.1) is 0 Å². The molecule has 0 radical (unpaired) electrons. The van der Waals surface area contributed by atoms with Crippen molar-refractivity contribution in [3.05, 3.63) is 59.7 Å². The van der Waals surface area contributed by atoms with Crippen LogP contribution in [0.15, 0.2) is 48.5 Å². The van der Waals surface area contributed by atoms with E-state index in [1.807, 2.05) is 48.5 Å². The number of rotatable bonds is 9. The summed E-state index contributed by atoms with van der Waals surface area (Å²) in [7, 11) is 3.17. The highest BCUT2D eigenvalue weighted by Gasteiger charge is 2.24. The van der Waals surface area contributed by atoms with Crippen molar-refractivity contribution < 1.29 is 23.8 Å². The molecule has 0 unspecified atom stereocenters. The molecule has 168 valence electrons. The number of amides is 2. The summed E-state index contributed by atoms with van der Waals surface area (Å²) in [5, 5.41) is 5.60. The Balaban J connectivity index is 2.00. The molecule has 0 aliphatic rings. The molecule has 0 fully saturated rings. The zero-order chi connectivity index (χ0) is 22.9. The zero-order valence-electron chi connectivity index (χ0n) is 18.9. The summed E-state index contributed by atoms with van der Waals surface area (Å²) >= 11 is 0. The molecule has 2 N–H and O–H groups in total. The summed E-state index contributed by atoms with van der Waals surface area (Å²) < 4.78 is 15.9. The first-order valence-electron chi connectivity index (χ1n) is 10.2. The Morgan fingerprint density at radius 1 is 0.935 bits per heavy atom. The fourth-order valence-corrected chi connectivity index (χ4v) is 3.00. The zero-order valence-corrected chi connectivity index (χ0v) is 18.9. The minimum absolute atomic E-state index is 0.268. The number of methoxy groups -OCH3 is 2. The number of nitrogens with one attached hydrogen (secondary N) is 2. The van der Waals surface area contributed by atoms with E-state index in [1.54, 1.807) is 35.0 Å². The first kappa shape index (κ1) is 24.1. The number of alkyl carbamates (subject to hydrolysis) is 1. The van der Waals surface area contributed by atoms with E-state index in [1.165, 1.54) is 0 Å². The van der Waals surface area contributed by atoms with Crippen LogP contribution >= 0.6 is 0 Å². The Hall–Kier alpha value is -3.22. The minimum Gasteiger partial charge on any atom is -0.493 e. The maximum atomic E-state index is 12.8. The van der Waals surface area contributed by atoms with Gasteiger partial charge >= 0.3 is 6.09 Å². The quantitative estimate of drug-likeness (QED) is 0.639. The predicted molar refractivity (Wildman–Crippen MR) is 120 cm³/mol. The van der Waals surface area contributed by atoms with E-state index >= 15 is 0 Å². The molecule has 7 heteroatoms. The van der Waals surface area contributed by atoms with Crippen LogP contribution in [0.4, 0.5) is 4.79 Å². The number of ether oxygens (including phenoxy) is 3. The molecule has 2 aromatic rings. The lowest BCUT2D eigenvalue weighted by atomic mass is 10.1. The van der Waals surface area contributed by atoms with Crippen LogP contribution in [0.5, 0.6) is 11.5 Å². The number of carbonyl (C=O) groups excluding carboxylic acids is 2. The lowest BCUT2D eigenvalue weighted by molar-refractivity contribution is -0.123. The van der Waals surface area contributed by atoms with Gasteiger partial charge in [-0.2, -0.15) is 0 Å². The molecule has 0 spiro atoms. The van der Waals surface area contributed by atoms with Gasteiger partial charge in [-0.15, -0.1) is 0 Å². The van der Waals surface area contributed by atoms with Gasteiger partial charge in [-0.3, -0.25) is 4.79 Å². The van der Waals surface area contributed by atoms with Gasteiger partial charge in [0, 0.05) is 13.0 Å². The molecular weight excluding hydrogens is 396 g/mol. The highest BCUT2D eigenvalue weighted by Crippen LogP contribution is 2.27. The van der Waals surface area contributed by atoms with E-state index in [0.717, 1.165) is 11.1 Å². The van der Waals surface area contributed by atoms with E-state index in [-0.39, 0.29) is 5.91 Å². The lowest BCUT2D eigenvalue weighted by Crippen LogP contribution is -2.49. The second kappa shape index (κ2) is 11.2. The van der Waals surface area contributed by atoms with Gasteiger partial charge in [0.2, 0.25) is 5.91 Å². The summed E-state index contributed by atoms with van der Waals surface area (Å²) in [6, 6.07) is 14.4. The van der Waals surface area contributed by atoms with Crippen LogP contribution in [-0.2, 0) is 22.4 Å². The molecule has 2 aromatic carbocycles. The van der Waals surface area contributed by atoms with E-state index in [4.69, 9.17) is 14.2 Å². The second-order valence-electron chi connectivity index (χ2n) is 8.12. The molecule has 2 amide bonds. The minimum atomic E-state index is -0.748. The van der Waals surface area contributed by atoms with Gasteiger partial charge in [-0.25, -0.2) is 4.79 Å². The monoisotopic (exact) mass is 428 g/mol. The largest absolute Gasteiger partial charge is 0.493 e. The van der Waals surface area contributed by atoms with E-state index < -0.39 is 17.7 Å². The second-order valence-corrected chi connectivity index (χ2v) is 8.12. The molecule has 0 heterocycles. The number of hydrogen-bond acceptors (Lipinski definition) is 5. The highest BCUT2D eigenvalue weighted by molar-refractivity contribution is 5.86. The third kappa shape index (κ3) is 8.20. The highest BCUT2D eigenvalue weighted by atomic mass is 16.6. The Morgan fingerprint density at radius 2 is 1.61 bits per heavy atom. The molecule has 0 aliphatic heterocycles. The van der Waals surface area contributed by atoms with Crippen LogP contribution < -0.4 is 20.1 Å². The Kier molecular flexibility index (Phi) is 8.73. The van der Waals surface area contributed by atoms with E-state index in [9.17, 15) is 9.59 Å². The van der Waals surface area contributed by atoms with Crippen LogP contribution in [0.25, 0.3) is 0 Å². The van der Waals surface area contributed by atoms with E-state index in [2.05, 4.69) is 10.6 Å². The van der Waals surface area contributed by atoms with Gasteiger partial charge in [-0.1, -0.05) is 36.4 Å². The van der Waals surface area contributed by atoms with Crippen molar-refractivity contribution >= 4 is 12.0 Å². The van der Waals surface area contributed by atoms with Gasteiger partial charge in [0.1, 0.15) is 11.6 Å². The average Bonchev–Trinajstić information content (AvgIpc) is 2.72. The summed E-state index contributed by atoms with van der Waals surface area (Å²) in [6.07, 6.45) is 0.349. The molecule has 2 rings (SSSR count). The first-order chi connectivity index (χ1) is 14.7.